The zero-order valence-corrected chi connectivity index (χ0v) is 16.1. The molecule has 2 aliphatic rings. The minimum Gasteiger partial charge on any atom is -0.440 e. The van der Waals surface area contributed by atoms with Crippen LogP contribution in [0.2, 0.25) is 0 Å². The lowest BCUT2D eigenvalue weighted by atomic mass is 9.96. The lowest BCUT2D eigenvalue weighted by Crippen LogP contribution is -3.12. The number of piperidine rings is 1. The van der Waals surface area contributed by atoms with Crippen molar-refractivity contribution in [1.29, 1.82) is 0 Å². The molecule has 2 aliphatic heterocycles. The molecule has 0 spiro atoms. The molecule has 1 amide bonds. The number of para-hydroxylation sites is 2. The van der Waals surface area contributed by atoms with Crippen molar-refractivity contribution in [2.75, 3.05) is 26.2 Å². The average Bonchev–Trinajstić information content (AvgIpc) is 3.18. The van der Waals surface area contributed by atoms with E-state index in [9.17, 15) is 4.79 Å². The fourth-order valence-electron chi connectivity index (χ4n) is 4.56. The Labute approximate surface area is 165 Å². The number of amides is 1. The van der Waals surface area contributed by atoms with E-state index >= 15 is 0 Å². The van der Waals surface area contributed by atoms with Gasteiger partial charge in [0.15, 0.2) is 18.0 Å². The SMILES string of the molecule is O=C(C[NH+]1CCc2ccccc2C1)N1CCC(c2nc3ccccc3o2)CC1. The van der Waals surface area contributed by atoms with Crippen molar-refractivity contribution in [2.45, 2.75) is 31.7 Å². The maximum absolute atomic E-state index is 12.8. The lowest BCUT2D eigenvalue weighted by molar-refractivity contribution is -0.908. The van der Waals surface area contributed by atoms with Crippen molar-refractivity contribution in [3.63, 3.8) is 0 Å². The number of hydrogen-bond acceptors (Lipinski definition) is 3. The molecule has 2 aromatic carbocycles. The van der Waals surface area contributed by atoms with Crippen LogP contribution >= 0.6 is 0 Å². The van der Waals surface area contributed by atoms with Gasteiger partial charge in [-0.25, -0.2) is 4.98 Å². The fraction of sp³-hybridized carbons (Fsp3) is 0.391. The molecule has 144 valence electrons. The number of hydrogen-bond donors (Lipinski definition) is 1. The molecule has 0 radical (unpaired) electrons. The van der Waals surface area contributed by atoms with Gasteiger partial charge in [-0.3, -0.25) is 4.79 Å². The highest BCUT2D eigenvalue weighted by Crippen LogP contribution is 2.29. The topological polar surface area (TPSA) is 50.8 Å². The van der Waals surface area contributed by atoms with Crippen molar-refractivity contribution < 1.29 is 14.1 Å². The highest BCUT2D eigenvalue weighted by Gasteiger charge is 2.29. The van der Waals surface area contributed by atoms with E-state index in [-0.39, 0.29) is 5.91 Å². The Morgan fingerprint density at radius 1 is 1.07 bits per heavy atom. The summed E-state index contributed by atoms with van der Waals surface area (Å²) >= 11 is 0. The quantitative estimate of drug-likeness (QED) is 0.762. The summed E-state index contributed by atoms with van der Waals surface area (Å²) in [6.07, 6.45) is 2.92. The summed E-state index contributed by atoms with van der Waals surface area (Å²) in [5, 5.41) is 0. The van der Waals surface area contributed by atoms with Crippen molar-refractivity contribution in [2.24, 2.45) is 0 Å². The minimum absolute atomic E-state index is 0.283. The molecule has 3 heterocycles. The van der Waals surface area contributed by atoms with E-state index in [1.54, 1.807) is 0 Å². The predicted octanol–water partition coefficient (Wildman–Crippen LogP) is 2.17. The molecule has 0 bridgehead atoms. The van der Waals surface area contributed by atoms with E-state index in [0.29, 0.717) is 12.5 Å². The maximum Gasteiger partial charge on any atom is 0.277 e. The Hall–Kier alpha value is -2.66. The van der Waals surface area contributed by atoms with Crippen LogP contribution in [0, 0.1) is 0 Å². The van der Waals surface area contributed by atoms with Crippen LogP contribution in [0.5, 0.6) is 0 Å². The van der Waals surface area contributed by atoms with Crippen molar-refractivity contribution in [1.82, 2.24) is 9.88 Å². The summed E-state index contributed by atoms with van der Waals surface area (Å²) in [7, 11) is 0. The predicted molar refractivity (Wildman–Crippen MR) is 107 cm³/mol. The van der Waals surface area contributed by atoms with Crippen LogP contribution in [0.3, 0.4) is 0 Å². The van der Waals surface area contributed by atoms with Crippen LogP contribution in [-0.2, 0) is 17.8 Å². The summed E-state index contributed by atoms with van der Waals surface area (Å²) in [5.41, 5.74) is 4.61. The summed E-state index contributed by atoms with van der Waals surface area (Å²) in [4.78, 5) is 20.9. The Kier molecular flexibility index (Phi) is 4.61. The summed E-state index contributed by atoms with van der Waals surface area (Å²) in [5.74, 6) is 1.42. The van der Waals surface area contributed by atoms with Crippen LogP contribution in [0.4, 0.5) is 0 Å². The van der Waals surface area contributed by atoms with Gasteiger partial charge < -0.3 is 14.2 Å². The summed E-state index contributed by atoms with van der Waals surface area (Å²) < 4.78 is 5.94. The molecule has 5 heteroatoms. The number of carbonyl (C=O) groups is 1. The van der Waals surface area contributed by atoms with E-state index in [1.165, 1.54) is 16.0 Å². The number of rotatable bonds is 3. The first-order chi connectivity index (χ1) is 13.8. The first-order valence-corrected chi connectivity index (χ1v) is 10.3. The standard InChI is InChI=1S/C23H25N3O2/c27-22(16-25-12-9-17-5-1-2-6-19(17)15-25)26-13-10-18(11-14-26)23-24-20-7-3-4-8-21(20)28-23/h1-8,18H,9-16H2/p+1. The second-order valence-electron chi connectivity index (χ2n) is 8.05. The number of quaternary nitrogens is 1. The van der Waals surface area contributed by atoms with E-state index in [1.807, 2.05) is 29.2 Å². The number of fused-ring (bicyclic) bond motifs is 2. The number of oxazole rings is 1. The van der Waals surface area contributed by atoms with Crippen LogP contribution < -0.4 is 4.90 Å². The largest absolute Gasteiger partial charge is 0.440 e. The molecule has 1 N–H and O–H groups in total. The van der Waals surface area contributed by atoms with Gasteiger partial charge in [0.05, 0.1) is 6.54 Å². The highest BCUT2D eigenvalue weighted by atomic mass is 16.3. The van der Waals surface area contributed by atoms with Gasteiger partial charge in [0.25, 0.3) is 5.91 Å². The average molecular weight is 376 g/mol. The smallest absolute Gasteiger partial charge is 0.277 e. The third-order valence-electron chi connectivity index (χ3n) is 6.22. The van der Waals surface area contributed by atoms with E-state index in [2.05, 4.69) is 29.2 Å². The molecule has 28 heavy (non-hydrogen) atoms. The Morgan fingerprint density at radius 3 is 2.64 bits per heavy atom. The number of benzene rings is 2. The van der Waals surface area contributed by atoms with Gasteiger partial charge in [-0.15, -0.1) is 0 Å². The maximum atomic E-state index is 12.8. The molecule has 1 aromatic heterocycles. The third kappa shape index (κ3) is 3.42. The molecule has 5 nitrogen and oxygen atoms in total. The van der Waals surface area contributed by atoms with Gasteiger partial charge in [-0.05, 0) is 30.5 Å². The number of carbonyl (C=O) groups excluding carboxylic acids is 1. The molecule has 1 saturated heterocycles. The zero-order chi connectivity index (χ0) is 18.9. The second-order valence-corrected chi connectivity index (χ2v) is 8.05. The Balaban J connectivity index is 1.17. The number of nitrogens with zero attached hydrogens (tertiary/aromatic N) is 2. The van der Waals surface area contributed by atoms with Gasteiger partial charge in [-0.1, -0.05) is 36.4 Å². The van der Waals surface area contributed by atoms with E-state index in [0.717, 1.165) is 62.4 Å². The minimum atomic E-state index is 0.283. The van der Waals surface area contributed by atoms with Crippen LogP contribution in [0.15, 0.2) is 52.9 Å². The van der Waals surface area contributed by atoms with Crippen molar-refractivity contribution in [3.05, 3.63) is 65.5 Å². The number of nitrogens with one attached hydrogen (secondary N) is 1. The Bertz CT molecular complexity index is 955. The molecule has 0 saturated carbocycles. The van der Waals surface area contributed by atoms with Gasteiger partial charge in [0, 0.05) is 31.0 Å². The van der Waals surface area contributed by atoms with Gasteiger partial charge in [0.1, 0.15) is 12.1 Å². The van der Waals surface area contributed by atoms with Gasteiger partial charge >= 0.3 is 0 Å². The first-order valence-electron chi connectivity index (χ1n) is 10.3. The molecular weight excluding hydrogens is 350 g/mol. The van der Waals surface area contributed by atoms with Crippen molar-refractivity contribution in [3.8, 4) is 0 Å². The molecule has 1 fully saturated rings. The number of aromatic nitrogens is 1. The van der Waals surface area contributed by atoms with E-state index in [4.69, 9.17) is 4.42 Å². The number of likely N-dealkylation sites (tertiary alicyclic amines) is 1. The molecule has 1 atom stereocenters. The van der Waals surface area contributed by atoms with Gasteiger partial charge in [-0.2, -0.15) is 0 Å². The second kappa shape index (κ2) is 7.40. The summed E-state index contributed by atoms with van der Waals surface area (Å²) in [6, 6.07) is 16.5. The van der Waals surface area contributed by atoms with Crippen molar-refractivity contribution >= 4 is 17.0 Å². The van der Waals surface area contributed by atoms with Crippen LogP contribution in [-0.4, -0.2) is 42.0 Å². The Morgan fingerprint density at radius 2 is 1.82 bits per heavy atom. The molecule has 1 unspecified atom stereocenters. The first kappa shape index (κ1) is 17.4. The molecule has 5 rings (SSSR count). The van der Waals surface area contributed by atoms with Crippen LogP contribution in [0.25, 0.3) is 11.1 Å². The molecule has 3 aromatic rings. The van der Waals surface area contributed by atoms with Gasteiger partial charge in [0.2, 0.25) is 0 Å². The highest BCUT2D eigenvalue weighted by molar-refractivity contribution is 5.77. The van der Waals surface area contributed by atoms with E-state index < -0.39 is 0 Å². The fourth-order valence-corrected chi connectivity index (χ4v) is 4.56. The monoisotopic (exact) mass is 376 g/mol. The lowest BCUT2D eigenvalue weighted by Gasteiger charge is -2.32. The molecular formula is C23H26N3O2+. The van der Waals surface area contributed by atoms with Crippen LogP contribution in [0.1, 0.15) is 35.8 Å². The summed E-state index contributed by atoms with van der Waals surface area (Å²) in [6.45, 7) is 4.20. The third-order valence-corrected chi connectivity index (χ3v) is 6.22. The normalized spacial score (nSPS) is 20.3. The molecule has 0 aliphatic carbocycles. The zero-order valence-electron chi connectivity index (χ0n) is 16.1.